The number of hydrazone groups is 1. The molecule has 1 aromatic heterocycles. The second kappa shape index (κ2) is 7.37. The Morgan fingerprint density at radius 3 is 2.77 bits per heavy atom. The van der Waals surface area contributed by atoms with Gasteiger partial charge in [-0.25, -0.2) is 10.4 Å². The first kappa shape index (κ1) is 15.7. The van der Waals surface area contributed by atoms with Crippen LogP contribution < -0.4 is 15.9 Å². The molecule has 0 radical (unpaired) electrons. The average Bonchev–Trinajstić information content (AvgIpc) is 2.47. The second-order valence-corrected chi connectivity index (χ2v) is 4.84. The number of benzene rings is 1. The Hall–Kier alpha value is -2.67. The van der Waals surface area contributed by atoms with Crippen LogP contribution in [0.2, 0.25) is 0 Å². The first-order valence-corrected chi connectivity index (χ1v) is 6.87. The van der Waals surface area contributed by atoms with Crippen molar-refractivity contribution in [2.45, 2.75) is 6.92 Å². The highest BCUT2D eigenvalue weighted by Gasteiger charge is 1.99. The van der Waals surface area contributed by atoms with Crippen LogP contribution in [0, 0.1) is 6.92 Å². The van der Waals surface area contributed by atoms with Crippen LogP contribution in [0.5, 0.6) is 0 Å². The maximum absolute atomic E-state index is 11.3. The molecule has 0 fully saturated rings. The van der Waals surface area contributed by atoms with Gasteiger partial charge in [-0.2, -0.15) is 5.10 Å². The van der Waals surface area contributed by atoms with Crippen molar-refractivity contribution in [3.63, 3.8) is 0 Å². The third kappa shape index (κ3) is 4.42. The van der Waals surface area contributed by atoms with E-state index in [1.54, 1.807) is 13.1 Å². The van der Waals surface area contributed by atoms with Crippen molar-refractivity contribution in [3.8, 4) is 0 Å². The van der Waals surface area contributed by atoms with Crippen molar-refractivity contribution in [1.82, 2.24) is 9.97 Å². The number of aryl methyl sites for hydroxylation is 1. The van der Waals surface area contributed by atoms with Crippen LogP contribution in [0.25, 0.3) is 0 Å². The summed E-state index contributed by atoms with van der Waals surface area (Å²) in [6, 6.07) is 9.14. The van der Waals surface area contributed by atoms with Crippen molar-refractivity contribution < 1.29 is 5.11 Å². The molecule has 0 saturated carbocycles. The fourth-order valence-corrected chi connectivity index (χ4v) is 1.89. The smallest absolute Gasteiger partial charge is 0.252 e. The molecule has 0 spiro atoms. The summed E-state index contributed by atoms with van der Waals surface area (Å²) in [4.78, 5) is 19.9. The van der Waals surface area contributed by atoms with Crippen LogP contribution in [0.15, 0.2) is 40.2 Å². The SMILES string of the molecule is Cc1cc(=O)[nH]c(N/N=C\c2ccc(N(C)CCO)cc2)n1. The molecular formula is C15H19N5O2. The third-order valence-corrected chi connectivity index (χ3v) is 3.02. The molecule has 0 atom stereocenters. The van der Waals surface area contributed by atoms with Gasteiger partial charge >= 0.3 is 0 Å². The first-order valence-electron chi connectivity index (χ1n) is 6.87. The number of likely N-dealkylation sites (N-methyl/N-ethyl adjacent to an activating group) is 1. The van der Waals surface area contributed by atoms with E-state index < -0.39 is 0 Å². The Kier molecular flexibility index (Phi) is 5.26. The van der Waals surface area contributed by atoms with Gasteiger partial charge in [0.05, 0.1) is 12.8 Å². The Labute approximate surface area is 128 Å². The van der Waals surface area contributed by atoms with E-state index in [4.69, 9.17) is 5.11 Å². The van der Waals surface area contributed by atoms with Crippen LogP contribution >= 0.6 is 0 Å². The Bertz CT molecular complexity index is 694. The number of rotatable bonds is 6. The molecule has 0 aliphatic carbocycles. The van der Waals surface area contributed by atoms with E-state index in [1.165, 1.54) is 6.07 Å². The molecule has 3 N–H and O–H groups in total. The summed E-state index contributed by atoms with van der Waals surface area (Å²) in [5, 5.41) is 13.0. The number of hydrogen-bond donors (Lipinski definition) is 3. The number of anilines is 2. The average molecular weight is 301 g/mol. The lowest BCUT2D eigenvalue weighted by Gasteiger charge is -2.17. The molecule has 0 amide bonds. The van der Waals surface area contributed by atoms with Gasteiger partial charge in [-0.05, 0) is 24.6 Å². The second-order valence-electron chi connectivity index (χ2n) is 4.84. The monoisotopic (exact) mass is 301 g/mol. The standard InChI is InChI=1S/C15H19N5O2/c1-11-9-14(22)18-15(17-11)19-16-10-12-3-5-13(6-4-12)20(2)7-8-21/h3-6,9-10,21H,7-8H2,1-2H3,(H2,17,18,19,22)/b16-10-. The van der Waals surface area contributed by atoms with E-state index in [-0.39, 0.29) is 12.2 Å². The lowest BCUT2D eigenvalue weighted by atomic mass is 10.2. The number of H-pyrrole nitrogens is 1. The summed E-state index contributed by atoms with van der Waals surface area (Å²) < 4.78 is 0. The lowest BCUT2D eigenvalue weighted by Crippen LogP contribution is -2.20. The summed E-state index contributed by atoms with van der Waals surface area (Å²) >= 11 is 0. The van der Waals surface area contributed by atoms with Crippen molar-refractivity contribution in [2.75, 3.05) is 30.5 Å². The van der Waals surface area contributed by atoms with Gasteiger partial charge in [0.15, 0.2) is 0 Å². The number of aliphatic hydroxyl groups excluding tert-OH is 1. The minimum absolute atomic E-state index is 0.116. The summed E-state index contributed by atoms with van der Waals surface area (Å²) in [5.41, 5.74) is 5.02. The fourth-order valence-electron chi connectivity index (χ4n) is 1.89. The van der Waals surface area contributed by atoms with Crippen LogP contribution in [-0.2, 0) is 0 Å². The van der Waals surface area contributed by atoms with Crippen LogP contribution in [-0.4, -0.2) is 41.5 Å². The molecule has 1 aromatic carbocycles. The van der Waals surface area contributed by atoms with Gasteiger partial charge in [0.2, 0.25) is 5.95 Å². The molecule has 0 aliphatic heterocycles. The van der Waals surface area contributed by atoms with Crippen molar-refractivity contribution in [1.29, 1.82) is 0 Å². The van der Waals surface area contributed by atoms with E-state index in [1.807, 2.05) is 36.2 Å². The first-order chi connectivity index (χ1) is 10.6. The maximum atomic E-state index is 11.3. The predicted molar refractivity (Wildman–Crippen MR) is 87.6 cm³/mol. The molecular weight excluding hydrogens is 282 g/mol. The quantitative estimate of drug-likeness (QED) is 0.545. The Balaban J connectivity index is 1.99. The molecule has 7 heteroatoms. The predicted octanol–water partition coefficient (Wildman–Crippen LogP) is 0.953. The highest BCUT2D eigenvalue weighted by molar-refractivity contribution is 5.80. The summed E-state index contributed by atoms with van der Waals surface area (Å²) in [7, 11) is 1.92. The lowest BCUT2D eigenvalue weighted by molar-refractivity contribution is 0.304. The van der Waals surface area contributed by atoms with Gasteiger partial charge in [-0.3, -0.25) is 9.78 Å². The zero-order chi connectivity index (χ0) is 15.9. The summed E-state index contributed by atoms with van der Waals surface area (Å²) in [5.74, 6) is 0.306. The molecule has 22 heavy (non-hydrogen) atoms. The number of aromatic amines is 1. The van der Waals surface area contributed by atoms with E-state index in [9.17, 15) is 4.79 Å². The van der Waals surface area contributed by atoms with Crippen LogP contribution in [0.1, 0.15) is 11.3 Å². The normalized spacial score (nSPS) is 10.9. The van der Waals surface area contributed by atoms with E-state index in [0.29, 0.717) is 18.2 Å². The molecule has 116 valence electrons. The van der Waals surface area contributed by atoms with Crippen molar-refractivity contribution >= 4 is 17.9 Å². The number of nitrogens with zero attached hydrogens (tertiary/aromatic N) is 3. The summed E-state index contributed by atoms with van der Waals surface area (Å²) in [6.45, 7) is 2.44. The van der Waals surface area contributed by atoms with E-state index in [2.05, 4.69) is 20.5 Å². The zero-order valence-electron chi connectivity index (χ0n) is 12.6. The van der Waals surface area contributed by atoms with Crippen molar-refractivity contribution in [3.05, 3.63) is 51.9 Å². The van der Waals surface area contributed by atoms with Crippen LogP contribution in [0.3, 0.4) is 0 Å². The number of hydrogen-bond acceptors (Lipinski definition) is 6. The number of nitrogens with one attached hydrogen (secondary N) is 2. The minimum Gasteiger partial charge on any atom is -0.395 e. The Morgan fingerprint density at radius 1 is 1.41 bits per heavy atom. The number of aliphatic hydroxyl groups is 1. The molecule has 0 aliphatic rings. The number of aromatic nitrogens is 2. The highest BCUT2D eigenvalue weighted by atomic mass is 16.3. The molecule has 2 rings (SSSR count). The van der Waals surface area contributed by atoms with Gasteiger partial charge in [-0.15, -0.1) is 0 Å². The van der Waals surface area contributed by atoms with Crippen molar-refractivity contribution in [2.24, 2.45) is 5.10 Å². The molecule has 7 nitrogen and oxygen atoms in total. The highest BCUT2D eigenvalue weighted by Crippen LogP contribution is 2.12. The molecule has 2 aromatic rings. The zero-order valence-corrected chi connectivity index (χ0v) is 12.6. The molecule has 0 saturated heterocycles. The van der Waals surface area contributed by atoms with E-state index >= 15 is 0 Å². The molecule has 1 heterocycles. The molecule has 0 unspecified atom stereocenters. The van der Waals surface area contributed by atoms with E-state index in [0.717, 1.165) is 11.3 Å². The molecule has 0 bridgehead atoms. The van der Waals surface area contributed by atoms with Gasteiger partial charge in [0.1, 0.15) is 0 Å². The maximum Gasteiger partial charge on any atom is 0.252 e. The van der Waals surface area contributed by atoms with Gasteiger partial charge in [0, 0.05) is 31.0 Å². The third-order valence-electron chi connectivity index (χ3n) is 3.02. The van der Waals surface area contributed by atoms with Crippen LogP contribution in [0.4, 0.5) is 11.6 Å². The minimum atomic E-state index is -0.221. The Morgan fingerprint density at radius 2 is 2.14 bits per heavy atom. The van der Waals surface area contributed by atoms with Gasteiger partial charge in [0.25, 0.3) is 5.56 Å². The largest absolute Gasteiger partial charge is 0.395 e. The topological polar surface area (TPSA) is 93.6 Å². The van der Waals surface area contributed by atoms with Gasteiger partial charge < -0.3 is 10.0 Å². The summed E-state index contributed by atoms with van der Waals surface area (Å²) in [6.07, 6.45) is 1.64. The van der Waals surface area contributed by atoms with Gasteiger partial charge in [-0.1, -0.05) is 12.1 Å². The fraction of sp³-hybridized carbons (Fsp3) is 0.267.